The van der Waals surface area contributed by atoms with E-state index in [9.17, 15) is 18.5 Å². The van der Waals surface area contributed by atoms with Gasteiger partial charge in [-0.2, -0.15) is 4.98 Å². The fourth-order valence-corrected chi connectivity index (χ4v) is 1.64. The van der Waals surface area contributed by atoms with E-state index in [2.05, 4.69) is 20.0 Å². The van der Waals surface area contributed by atoms with Gasteiger partial charge in [0.15, 0.2) is 0 Å². The van der Waals surface area contributed by atoms with Crippen molar-refractivity contribution in [2.45, 2.75) is 0 Å². The van der Waals surface area contributed by atoms with Crippen LogP contribution < -0.4 is 10.0 Å². The van der Waals surface area contributed by atoms with Gasteiger partial charge in [-0.15, -0.1) is 0 Å². The Morgan fingerprint density at radius 2 is 2.17 bits per heavy atom. The summed E-state index contributed by atoms with van der Waals surface area (Å²) in [6.07, 6.45) is 1.98. The number of hydrogen-bond donors (Lipinski definition) is 2. The van der Waals surface area contributed by atoms with Gasteiger partial charge in [0.1, 0.15) is 6.20 Å². The second kappa shape index (κ2) is 5.89. The summed E-state index contributed by atoms with van der Waals surface area (Å²) in [5, 5.41) is 13.1. The molecule has 0 radical (unpaired) electrons. The molecule has 1 heterocycles. The standard InChI is InChI=1S/C7H10ClN5O4S/c1-18(16,17)11-3-2-9-6-5(13(14)15)4-10-7(8)12-6/h4,11H,2-3H2,1H3,(H,9,10,12). The molecule has 0 spiro atoms. The number of rotatable bonds is 6. The van der Waals surface area contributed by atoms with Crippen molar-refractivity contribution in [3.8, 4) is 0 Å². The Morgan fingerprint density at radius 3 is 2.72 bits per heavy atom. The lowest BCUT2D eigenvalue weighted by Gasteiger charge is -2.06. The zero-order chi connectivity index (χ0) is 13.8. The first kappa shape index (κ1) is 14.5. The summed E-state index contributed by atoms with van der Waals surface area (Å²) < 4.78 is 23.8. The third-order valence-electron chi connectivity index (χ3n) is 1.72. The van der Waals surface area contributed by atoms with Crippen LogP contribution in [0.2, 0.25) is 5.28 Å². The van der Waals surface area contributed by atoms with E-state index < -0.39 is 14.9 Å². The lowest BCUT2D eigenvalue weighted by molar-refractivity contribution is -0.384. The first-order valence-electron chi connectivity index (χ1n) is 4.65. The minimum absolute atomic E-state index is 0.0599. The molecule has 1 rings (SSSR count). The van der Waals surface area contributed by atoms with Gasteiger partial charge in [0.25, 0.3) is 0 Å². The molecule has 0 amide bonds. The molecule has 1 aromatic heterocycles. The molecule has 0 unspecified atom stereocenters. The normalized spacial score (nSPS) is 11.2. The van der Waals surface area contributed by atoms with Crippen molar-refractivity contribution in [2.75, 3.05) is 24.7 Å². The van der Waals surface area contributed by atoms with Crippen LogP contribution in [0.25, 0.3) is 0 Å². The molecule has 1 aromatic rings. The average Bonchev–Trinajstić information content (AvgIpc) is 2.22. The summed E-state index contributed by atoms with van der Waals surface area (Å²) in [5.41, 5.74) is -0.334. The Labute approximate surface area is 108 Å². The highest BCUT2D eigenvalue weighted by Crippen LogP contribution is 2.21. The molecule has 0 aliphatic heterocycles. The van der Waals surface area contributed by atoms with Crippen LogP contribution in [-0.4, -0.2) is 42.7 Å². The van der Waals surface area contributed by atoms with E-state index in [1.54, 1.807) is 0 Å². The number of hydrogen-bond acceptors (Lipinski definition) is 7. The Balaban J connectivity index is 2.66. The van der Waals surface area contributed by atoms with E-state index in [4.69, 9.17) is 11.6 Å². The van der Waals surface area contributed by atoms with E-state index in [0.29, 0.717) is 0 Å². The number of anilines is 1. The van der Waals surface area contributed by atoms with Gasteiger partial charge in [-0.3, -0.25) is 10.1 Å². The van der Waals surface area contributed by atoms with Crippen LogP contribution in [0.3, 0.4) is 0 Å². The van der Waals surface area contributed by atoms with Gasteiger partial charge in [-0.05, 0) is 11.6 Å². The molecular weight excluding hydrogens is 286 g/mol. The Bertz CT molecular complexity index is 549. The highest BCUT2D eigenvalue weighted by atomic mass is 35.5. The SMILES string of the molecule is CS(=O)(=O)NCCNc1nc(Cl)ncc1[N+](=O)[O-]. The Kier molecular flexibility index (Phi) is 4.76. The van der Waals surface area contributed by atoms with E-state index in [-0.39, 0.29) is 29.9 Å². The molecule has 18 heavy (non-hydrogen) atoms. The lowest BCUT2D eigenvalue weighted by Crippen LogP contribution is -2.28. The summed E-state index contributed by atoms with van der Waals surface area (Å²) in [7, 11) is -3.30. The highest BCUT2D eigenvalue weighted by Gasteiger charge is 2.16. The maximum absolute atomic E-state index is 10.8. The van der Waals surface area contributed by atoms with Crippen LogP contribution in [0.15, 0.2) is 6.20 Å². The van der Waals surface area contributed by atoms with Crippen LogP contribution in [0.1, 0.15) is 0 Å². The highest BCUT2D eigenvalue weighted by molar-refractivity contribution is 7.88. The molecule has 0 aliphatic carbocycles. The van der Waals surface area contributed by atoms with Gasteiger partial charge in [0.2, 0.25) is 21.1 Å². The van der Waals surface area contributed by atoms with E-state index in [1.165, 1.54) is 0 Å². The van der Waals surface area contributed by atoms with Gasteiger partial charge in [-0.1, -0.05) is 0 Å². The maximum atomic E-state index is 10.8. The fraction of sp³-hybridized carbons (Fsp3) is 0.429. The molecule has 0 fully saturated rings. The monoisotopic (exact) mass is 295 g/mol. The van der Waals surface area contributed by atoms with Gasteiger partial charge in [-0.25, -0.2) is 18.1 Å². The smallest absolute Gasteiger partial charge is 0.329 e. The van der Waals surface area contributed by atoms with Gasteiger partial charge < -0.3 is 5.32 Å². The van der Waals surface area contributed by atoms with Crippen LogP contribution in [0.5, 0.6) is 0 Å². The van der Waals surface area contributed by atoms with E-state index >= 15 is 0 Å². The third-order valence-corrected chi connectivity index (χ3v) is 2.63. The van der Waals surface area contributed by atoms with Crippen molar-refractivity contribution >= 4 is 33.1 Å². The number of sulfonamides is 1. The quantitative estimate of drug-likeness (QED) is 0.327. The second-order valence-electron chi connectivity index (χ2n) is 3.22. The molecule has 2 N–H and O–H groups in total. The summed E-state index contributed by atoms with van der Waals surface area (Å²) in [6, 6.07) is 0. The number of nitrogens with zero attached hydrogens (tertiary/aromatic N) is 3. The molecule has 0 aliphatic rings. The molecular formula is C7H10ClN5O4S. The largest absolute Gasteiger partial charge is 0.363 e. The lowest BCUT2D eigenvalue weighted by atomic mass is 10.4. The van der Waals surface area contributed by atoms with Gasteiger partial charge in [0.05, 0.1) is 11.2 Å². The third kappa shape index (κ3) is 4.77. The molecule has 0 atom stereocenters. The number of halogens is 1. The van der Waals surface area contributed by atoms with Crippen LogP contribution >= 0.6 is 11.6 Å². The van der Waals surface area contributed by atoms with Crippen molar-refractivity contribution in [2.24, 2.45) is 0 Å². The minimum atomic E-state index is -3.30. The molecule has 0 aromatic carbocycles. The second-order valence-corrected chi connectivity index (χ2v) is 5.39. The topological polar surface area (TPSA) is 127 Å². The zero-order valence-corrected chi connectivity index (χ0v) is 10.8. The van der Waals surface area contributed by atoms with Crippen LogP contribution in [0, 0.1) is 10.1 Å². The Morgan fingerprint density at radius 1 is 1.50 bits per heavy atom. The summed E-state index contributed by atoms with van der Waals surface area (Å²) in [4.78, 5) is 17.1. The van der Waals surface area contributed by atoms with Crippen molar-refractivity contribution < 1.29 is 13.3 Å². The summed E-state index contributed by atoms with van der Waals surface area (Å²) in [6.45, 7) is 0.193. The molecule has 11 heteroatoms. The zero-order valence-electron chi connectivity index (χ0n) is 9.25. The molecule has 0 bridgehead atoms. The van der Waals surface area contributed by atoms with Gasteiger partial charge in [0, 0.05) is 13.1 Å². The summed E-state index contributed by atoms with van der Waals surface area (Å²) >= 11 is 5.51. The summed E-state index contributed by atoms with van der Waals surface area (Å²) in [5.74, 6) is -0.0599. The molecule has 0 saturated carbocycles. The predicted octanol–water partition coefficient (Wildman–Crippen LogP) is -0.000700. The fourth-order valence-electron chi connectivity index (χ4n) is 1.03. The van der Waals surface area contributed by atoms with E-state index in [0.717, 1.165) is 12.5 Å². The van der Waals surface area contributed by atoms with Crippen molar-refractivity contribution in [3.05, 3.63) is 21.6 Å². The predicted molar refractivity (Wildman–Crippen MR) is 65.0 cm³/mol. The first-order valence-corrected chi connectivity index (χ1v) is 6.92. The average molecular weight is 296 g/mol. The Hall–Kier alpha value is -1.52. The molecule has 9 nitrogen and oxygen atoms in total. The molecule has 0 saturated heterocycles. The van der Waals surface area contributed by atoms with Gasteiger partial charge >= 0.3 is 5.69 Å². The molecule has 100 valence electrons. The number of aromatic nitrogens is 2. The number of nitro groups is 1. The van der Waals surface area contributed by atoms with Crippen molar-refractivity contribution in [3.63, 3.8) is 0 Å². The number of nitrogens with one attached hydrogen (secondary N) is 2. The maximum Gasteiger partial charge on any atom is 0.329 e. The van der Waals surface area contributed by atoms with E-state index in [1.807, 2.05) is 0 Å². The first-order chi connectivity index (χ1) is 8.29. The van der Waals surface area contributed by atoms with Crippen molar-refractivity contribution in [1.82, 2.24) is 14.7 Å². The van der Waals surface area contributed by atoms with Crippen molar-refractivity contribution in [1.29, 1.82) is 0 Å². The van der Waals surface area contributed by atoms with Crippen LogP contribution in [-0.2, 0) is 10.0 Å². The van der Waals surface area contributed by atoms with Crippen LogP contribution in [0.4, 0.5) is 11.5 Å². The minimum Gasteiger partial charge on any atom is -0.363 e.